The molecule has 2 aromatic rings. The van der Waals surface area contributed by atoms with E-state index in [-0.39, 0.29) is 0 Å². The lowest BCUT2D eigenvalue weighted by Crippen LogP contribution is -2.26. The van der Waals surface area contributed by atoms with Gasteiger partial charge in [0.1, 0.15) is 5.75 Å². The van der Waals surface area contributed by atoms with E-state index in [9.17, 15) is 5.11 Å². The molecule has 0 heterocycles. The van der Waals surface area contributed by atoms with E-state index < -0.39 is 6.10 Å². The molecule has 0 radical (unpaired) electrons. The first-order valence-electron chi connectivity index (χ1n) is 8.94. The third kappa shape index (κ3) is 4.97. The van der Waals surface area contributed by atoms with Gasteiger partial charge in [-0.2, -0.15) is 0 Å². The molecule has 1 saturated carbocycles. The fourth-order valence-corrected chi connectivity index (χ4v) is 3.89. The third-order valence-electron chi connectivity index (χ3n) is 5.13. The van der Waals surface area contributed by atoms with Crippen LogP contribution in [0.25, 0.3) is 0 Å². The normalized spacial score (nSPS) is 21.2. The van der Waals surface area contributed by atoms with Crippen molar-refractivity contribution >= 4 is 11.6 Å². The molecule has 25 heavy (non-hydrogen) atoms. The van der Waals surface area contributed by atoms with Gasteiger partial charge in [0.15, 0.2) is 0 Å². The van der Waals surface area contributed by atoms with Crippen LogP contribution in [-0.2, 0) is 0 Å². The lowest BCUT2D eigenvalue weighted by Gasteiger charge is -2.16. The number of rotatable bonds is 7. The predicted octanol–water partition coefficient (Wildman–Crippen LogP) is 4.56. The second-order valence-corrected chi connectivity index (χ2v) is 7.31. The lowest BCUT2D eigenvalue weighted by molar-refractivity contribution is 0.173. The molecule has 2 N–H and O–H groups in total. The van der Waals surface area contributed by atoms with Crippen LogP contribution >= 0.6 is 11.6 Å². The van der Waals surface area contributed by atoms with E-state index >= 15 is 0 Å². The Morgan fingerprint density at radius 2 is 2.00 bits per heavy atom. The van der Waals surface area contributed by atoms with Crippen LogP contribution in [0.5, 0.6) is 5.75 Å². The van der Waals surface area contributed by atoms with Gasteiger partial charge >= 0.3 is 0 Å². The van der Waals surface area contributed by atoms with E-state index in [1.54, 1.807) is 7.11 Å². The molecule has 134 valence electrons. The van der Waals surface area contributed by atoms with Crippen LogP contribution in [0.1, 0.15) is 42.4 Å². The Labute approximate surface area is 155 Å². The van der Waals surface area contributed by atoms with Crippen molar-refractivity contribution in [3.63, 3.8) is 0 Å². The summed E-state index contributed by atoms with van der Waals surface area (Å²) in [5.41, 5.74) is 2.27. The molecule has 0 saturated heterocycles. The molecule has 0 aromatic heterocycles. The van der Waals surface area contributed by atoms with Crippen LogP contribution < -0.4 is 10.1 Å². The molecule has 3 atom stereocenters. The second-order valence-electron chi connectivity index (χ2n) is 6.88. The number of nitrogens with one attached hydrogen (secondary N) is 1. The summed E-state index contributed by atoms with van der Waals surface area (Å²) < 4.78 is 5.23. The van der Waals surface area contributed by atoms with E-state index in [0.29, 0.717) is 23.4 Å². The Hall–Kier alpha value is -1.55. The van der Waals surface area contributed by atoms with Gasteiger partial charge in [-0.1, -0.05) is 35.9 Å². The number of halogens is 1. The van der Waals surface area contributed by atoms with Gasteiger partial charge in [0.2, 0.25) is 0 Å². The van der Waals surface area contributed by atoms with Crippen LogP contribution in [0.4, 0.5) is 0 Å². The maximum atomic E-state index is 10.3. The number of aliphatic hydroxyl groups excluding tert-OH is 1. The van der Waals surface area contributed by atoms with Gasteiger partial charge in [-0.05, 0) is 73.0 Å². The number of hydrogen-bond donors (Lipinski definition) is 2. The molecule has 1 fully saturated rings. The van der Waals surface area contributed by atoms with Crippen LogP contribution in [0.15, 0.2) is 48.5 Å². The molecule has 3 nitrogen and oxygen atoms in total. The third-order valence-corrected chi connectivity index (χ3v) is 5.37. The number of benzene rings is 2. The number of ether oxygens (including phenoxy) is 1. The molecular weight excluding hydrogens is 334 g/mol. The Morgan fingerprint density at radius 1 is 1.20 bits per heavy atom. The minimum absolute atomic E-state index is 0.516. The second kappa shape index (κ2) is 8.70. The summed E-state index contributed by atoms with van der Waals surface area (Å²) in [5.74, 6) is 2.21. The fourth-order valence-electron chi connectivity index (χ4n) is 3.70. The van der Waals surface area contributed by atoms with E-state index in [1.807, 2.05) is 36.4 Å². The van der Waals surface area contributed by atoms with E-state index in [0.717, 1.165) is 17.9 Å². The molecule has 3 rings (SSSR count). The van der Waals surface area contributed by atoms with Crippen molar-refractivity contribution in [2.75, 3.05) is 20.2 Å². The summed E-state index contributed by atoms with van der Waals surface area (Å²) in [4.78, 5) is 0. The van der Waals surface area contributed by atoms with Crippen molar-refractivity contribution in [1.82, 2.24) is 5.32 Å². The largest absolute Gasteiger partial charge is 0.497 e. The van der Waals surface area contributed by atoms with Gasteiger partial charge < -0.3 is 15.2 Å². The van der Waals surface area contributed by atoms with Crippen molar-refractivity contribution in [1.29, 1.82) is 0 Å². The van der Waals surface area contributed by atoms with E-state index in [1.165, 1.54) is 24.8 Å². The molecule has 0 amide bonds. The molecule has 1 aliphatic rings. The lowest BCUT2D eigenvalue weighted by atomic mass is 9.96. The molecule has 0 spiro atoms. The maximum absolute atomic E-state index is 10.3. The van der Waals surface area contributed by atoms with Crippen molar-refractivity contribution < 1.29 is 9.84 Å². The smallest absolute Gasteiger partial charge is 0.118 e. The highest BCUT2D eigenvalue weighted by molar-refractivity contribution is 6.30. The topological polar surface area (TPSA) is 41.5 Å². The predicted molar refractivity (Wildman–Crippen MR) is 102 cm³/mol. The fraction of sp³-hybridized carbons (Fsp3) is 0.429. The average Bonchev–Trinajstić information content (AvgIpc) is 3.10. The number of aliphatic hydroxyl groups is 1. The highest BCUT2D eigenvalue weighted by Gasteiger charge is 2.25. The van der Waals surface area contributed by atoms with Gasteiger partial charge in [0, 0.05) is 11.6 Å². The molecule has 1 aliphatic carbocycles. The van der Waals surface area contributed by atoms with Gasteiger partial charge in [0.05, 0.1) is 13.2 Å². The van der Waals surface area contributed by atoms with Crippen molar-refractivity contribution in [3.05, 3.63) is 64.7 Å². The quantitative estimate of drug-likeness (QED) is 0.761. The zero-order valence-electron chi connectivity index (χ0n) is 14.6. The van der Waals surface area contributed by atoms with Crippen molar-refractivity contribution in [2.24, 2.45) is 5.92 Å². The van der Waals surface area contributed by atoms with Crippen LogP contribution in [0.3, 0.4) is 0 Å². The zero-order valence-corrected chi connectivity index (χ0v) is 15.4. The SMILES string of the molecule is COc1ccc(C2CCC(CNC[C@H](O)c3cccc(Cl)c3)C2)cc1. The summed E-state index contributed by atoms with van der Waals surface area (Å²) >= 11 is 5.98. The summed E-state index contributed by atoms with van der Waals surface area (Å²) in [7, 11) is 1.70. The number of hydrogen-bond acceptors (Lipinski definition) is 3. The highest BCUT2D eigenvalue weighted by atomic mass is 35.5. The molecular formula is C21H26ClNO2. The Balaban J connectivity index is 1.44. The monoisotopic (exact) mass is 359 g/mol. The van der Waals surface area contributed by atoms with Gasteiger partial charge in [-0.15, -0.1) is 0 Å². The standard InChI is InChI=1S/C21H26ClNO2/c1-25-20-9-7-16(8-10-20)17-6-5-15(11-17)13-23-14-21(24)18-3-2-4-19(22)12-18/h2-4,7-10,12,15,17,21,23-24H,5-6,11,13-14H2,1H3/t15?,17?,21-/m0/s1. The first-order chi connectivity index (χ1) is 12.2. The van der Waals surface area contributed by atoms with Gasteiger partial charge in [-0.25, -0.2) is 0 Å². The Bertz CT molecular complexity index is 674. The van der Waals surface area contributed by atoms with E-state index in [4.69, 9.17) is 16.3 Å². The minimum atomic E-state index is -0.516. The van der Waals surface area contributed by atoms with Crippen LogP contribution in [0, 0.1) is 5.92 Å². The van der Waals surface area contributed by atoms with Crippen molar-refractivity contribution in [3.8, 4) is 5.75 Å². The number of methoxy groups -OCH3 is 1. The minimum Gasteiger partial charge on any atom is -0.497 e. The zero-order chi connectivity index (χ0) is 17.6. The average molecular weight is 360 g/mol. The molecule has 0 aliphatic heterocycles. The summed E-state index contributed by atoms with van der Waals surface area (Å²) in [6.45, 7) is 1.51. The molecule has 2 aromatic carbocycles. The first kappa shape index (κ1) is 18.2. The first-order valence-corrected chi connectivity index (χ1v) is 9.31. The van der Waals surface area contributed by atoms with Gasteiger partial charge in [0.25, 0.3) is 0 Å². The Kier molecular flexibility index (Phi) is 6.35. The van der Waals surface area contributed by atoms with Crippen LogP contribution in [-0.4, -0.2) is 25.3 Å². The Morgan fingerprint density at radius 3 is 2.72 bits per heavy atom. The molecule has 2 unspecified atom stereocenters. The summed E-state index contributed by atoms with van der Waals surface area (Å²) in [6.07, 6.45) is 3.15. The molecule has 4 heteroatoms. The maximum Gasteiger partial charge on any atom is 0.118 e. The van der Waals surface area contributed by atoms with Crippen LogP contribution in [0.2, 0.25) is 5.02 Å². The van der Waals surface area contributed by atoms with Crippen molar-refractivity contribution in [2.45, 2.75) is 31.3 Å². The van der Waals surface area contributed by atoms with Gasteiger partial charge in [-0.3, -0.25) is 0 Å². The summed E-state index contributed by atoms with van der Waals surface area (Å²) in [6, 6.07) is 15.9. The van der Waals surface area contributed by atoms with E-state index in [2.05, 4.69) is 17.4 Å². The summed E-state index contributed by atoms with van der Waals surface area (Å²) in [5, 5.41) is 14.3. The highest BCUT2D eigenvalue weighted by Crippen LogP contribution is 2.38. The molecule has 0 bridgehead atoms.